The first-order valence-electron chi connectivity index (χ1n) is 14.0. The van der Waals surface area contributed by atoms with Crippen molar-refractivity contribution in [1.82, 2.24) is 20.4 Å². The van der Waals surface area contributed by atoms with Crippen LogP contribution in [0.1, 0.15) is 62.5 Å². The second kappa shape index (κ2) is 9.88. The fourth-order valence-corrected chi connectivity index (χ4v) is 7.25. The summed E-state index contributed by atoms with van der Waals surface area (Å²) in [6.45, 7) is 8.86. The van der Waals surface area contributed by atoms with Crippen LogP contribution in [0.15, 0.2) is 18.2 Å². The van der Waals surface area contributed by atoms with Gasteiger partial charge in [0.05, 0.1) is 5.41 Å². The topological polar surface area (TPSA) is 85.0 Å². The van der Waals surface area contributed by atoms with Gasteiger partial charge >= 0.3 is 0 Å². The number of nitrogens with zero attached hydrogens (tertiary/aromatic N) is 3. The van der Waals surface area contributed by atoms with E-state index in [0.717, 1.165) is 88.7 Å². The molecule has 0 aromatic heterocycles. The summed E-state index contributed by atoms with van der Waals surface area (Å²) >= 11 is 0. The number of fused-ring (bicyclic) bond motifs is 2. The molecule has 8 nitrogen and oxygen atoms in total. The lowest BCUT2D eigenvalue weighted by molar-refractivity contribution is -0.136. The van der Waals surface area contributed by atoms with E-state index in [4.69, 9.17) is 0 Å². The molecule has 1 aliphatic carbocycles. The number of carbonyl (C=O) groups is 3. The quantitative estimate of drug-likeness (QED) is 0.609. The third-order valence-corrected chi connectivity index (χ3v) is 9.29. The predicted octanol–water partition coefficient (Wildman–Crippen LogP) is 1.77. The number of imide groups is 1. The molecule has 3 amide bonds. The summed E-state index contributed by atoms with van der Waals surface area (Å²) in [5.74, 6) is 0.312. The first-order chi connectivity index (χ1) is 17.5. The Morgan fingerprint density at radius 3 is 2.36 bits per heavy atom. The number of benzene rings is 1. The van der Waals surface area contributed by atoms with Crippen LogP contribution in [-0.4, -0.2) is 79.4 Å². The van der Waals surface area contributed by atoms with Gasteiger partial charge in [0.15, 0.2) is 0 Å². The van der Waals surface area contributed by atoms with E-state index in [-0.39, 0.29) is 24.1 Å². The first-order valence-corrected chi connectivity index (χ1v) is 14.0. The highest BCUT2D eigenvalue weighted by atomic mass is 16.2. The van der Waals surface area contributed by atoms with Gasteiger partial charge in [-0.15, -0.1) is 0 Å². The number of carbonyl (C=O) groups excluding carboxylic acids is 3. The van der Waals surface area contributed by atoms with E-state index in [9.17, 15) is 14.4 Å². The Hall–Kier alpha value is -2.29. The Bertz CT molecular complexity index is 1020. The molecule has 1 atom stereocenters. The molecule has 1 unspecified atom stereocenters. The summed E-state index contributed by atoms with van der Waals surface area (Å²) in [7, 11) is 0. The van der Waals surface area contributed by atoms with Crippen LogP contribution in [-0.2, 0) is 26.3 Å². The zero-order valence-corrected chi connectivity index (χ0v) is 21.3. The SMILES string of the molecule is O=C1CCC(N2C(=O)C3(CCCC3)c3cc(CN4CCN(CC5CCNCC5)CC4)ccc32)C(=O)N1. The molecule has 1 spiro atoms. The van der Waals surface area contributed by atoms with E-state index in [1.54, 1.807) is 4.90 Å². The van der Waals surface area contributed by atoms with Gasteiger partial charge in [-0.05, 0) is 68.3 Å². The van der Waals surface area contributed by atoms with E-state index < -0.39 is 11.5 Å². The Balaban J connectivity index is 1.16. The van der Waals surface area contributed by atoms with Gasteiger partial charge in [0.25, 0.3) is 0 Å². The van der Waals surface area contributed by atoms with Crippen LogP contribution >= 0.6 is 0 Å². The molecule has 8 heteroatoms. The molecule has 5 aliphatic rings. The van der Waals surface area contributed by atoms with E-state index in [2.05, 4.69) is 38.6 Å². The Kier molecular flexibility index (Phi) is 6.60. The van der Waals surface area contributed by atoms with Crippen molar-refractivity contribution in [2.24, 2.45) is 5.92 Å². The third-order valence-electron chi connectivity index (χ3n) is 9.29. The lowest BCUT2D eigenvalue weighted by atomic mass is 9.79. The molecule has 4 heterocycles. The van der Waals surface area contributed by atoms with Crippen molar-refractivity contribution < 1.29 is 14.4 Å². The second-order valence-electron chi connectivity index (χ2n) is 11.6. The highest BCUT2D eigenvalue weighted by Gasteiger charge is 2.55. The van der Waals surface area contributed by atoms with Gasteiger partial charge < -0.3 is 10.2 Å². The molecule has 4 aliphatic heterocycles. The molecule has 1 aromatic carbocycles. The summed E-state index contributed by atoms with van der Waals surface area (Å²) in [6, 6.07) is 5.87. The summed E-state index contributed by atoms with van der Waals surface area (Å²) in [6.07, 6.45) is 7.05. The van der Waals surface area contributed by atoms with E-state index >= 15 is 0 Å². The smallest absolute Gasteiger partial charge is 0.249 e. The Morgan fingerprint density at radius 1 is 0.917 bits per heavy atom. The van der Waals surface area contributed by atoms with Crippen LogP contribution in [0.25, 0.3) is 0 Å². The zero-order chi connectivity index (χ0) is 24.7. The molecule has 3 saturated heterocycles. The number of piperidine rings is 2. The zero-order valence-electron chi connectivity index (χ0n) is 21.3. The van der Waals surface area contributed by atoms with Crippen molar-refractivity contribution in [1.29, 1.82) is 0 Å². The molecule has 0 radical (unpaired) electrons. The minimum atomic E-state index is -0.590. The number of amides is 3. The summed E-state index contributed by atoms with van der Waals surface area (Å²) in [5, 5.41) is 5.91. The number of piperazine rings is 1. The summed E-state index contributed by atoms with van der Waals surface area (Å²) in [4.78, 5) is 45.2. The fourth-order valence-electron chi connectivity index (χ4n) is 7.25. The standard InChI is InChI=1S/C28H39N5O3/c34-25-6-5-24(26(35)30-25)33-23-4-3-21(17-22(23)28(27(33)36)9-1-2-10-28)19-32-15-13-31(14-16-32)18-20-7-11-29-12-8-20/h3-4,17,20,24,29H,1-2,5-16,18-19H2,(H,30,34,35). The predicted molar refractivity (Wildman–Crippen MR) is 138 cm³/mol. The molecule has 2 N–H and O–H groups in total. The van der Waals surface area contributed by atoms with Gasteiger partial charge in [-0.2, -0.15) is 0 Å². The highest BCUT2D eigenvalue weighted by molar-refractivity contribution is 6.14. The summed E-state index contributed by atoms with van der Waals surface area (Å²) in [5.41, 5.74) is 2.74. The molecular formula is C28H39N5O3. The molecule has 0 bridgehead atoms. The van der Waals surface area contributed by atoms with Gasteiger partial charge in [-0.3, -0.25) is 29.5 Å². The average molecular weight is 494 g/mol. The Morgan fingerprint density at radius 2 is 1.64 bits per heavy atom. The third kappa shape index (κ3) is 4.37. The van der Waals surface area contributed by atoms with Gasteiger partial charge in [-0.25, -0.2) is 0 Å². The van der Waals surface area contributed by atoms with Crippen LogP contribution in [0.3, 0.4) is 0 Å². The number of anilines is 1. The van der Waals surface area contributed by atoms with Crippen molar-refractivity contribution in [2.75, 3.05) is 50.7 Å². The van der Waals surface area contributed by atoms with Crippen molar-refractivity contribution >= 4 is 23.4 Å². The number of nitrogens with one attached hydrogen (secondary N) is 2. The molecule has 1 aromatic rings. The largest absolute Gasteiger partial charge is 0.317 e. The number of hydrogen-bond donors (Lipinski definition) is 2. The minimum absolute atomic E-state index is 0.0631. The van der Waals surface area contributed by atoms with Crippen molar-refractivity contribution in [3.8, 4) is 0 Å². The van der Waals surface area contributed by atoms with Gasteiger partial charge in [0, 0.05) is 51.4 Å². The molecule has 6 rings (SSSR count). The van der Waals surface area contributed by atoms with Crippen molar-refractivity contribution in [3.63, 3.8) is 0 Å². The second-order valence-corrected chi connectivity index (χ2v) is 11.6. The number of rotatable bonds is 5. The molecule has 1 saturated carbocycles. The van der Waals surface area contributed by atoms with Gasteiger partial charge in [-0.1, -0.05) is 25.0 Å². The monoisotopic (exact) mass is 493 g/mol. The minimum Gasteiger partial charge on any atom is -0.317 e. The van der Waals surface area contributed by atoms with Crippen LogP contribution in [0, 0.1) is 5.92 Å². The van der Waals surface area contributed by atoms with E-state index in [1.165, 1.54) is 24.9 Å². The molecule has 194 valence electrons. The van der Waals surface area contributed by atoms with Crippen LogP contribution in [0.5, 0.6) is 0 Å². The van der Waals surface area contributed by atoms with E-state index in [1.807, 2.05) is 0 Å². The van der Waals surface area contributed by atoms with Crippen LogP contribution < -0.4 is 15.5 Å². The fraction of sp³-hybridized carbons (Fsp3) is 0.679. The van der Waals surface area contributed by atoms with E-state index in [0.29, 0.717) is 6.42 Å². The van der Waals surface area contributed by atoms with Gasteiger partial charge in [0.2, 0.25) is 17.7 Å². The van der Waals surface area contributed by atoms with Crippen LogP contribution in [0.4, 0.5) is 5.69 Å². The normalized spacial score (nSPS) is 27.6. The first kappa shape index (κ1) is 24.1. The maximum Gasteiger partial charge on any atom is 0.249 e. The van der Waals surface area contributed by atoms with Gasteiger partial charge in [0.1, 0.15) is 6.04 Å². The Labute approximate surface area is 213 Å². The number of hydrogen-bond acceptors (Lipinski definition) is 6. The summed E-state index contributed by atoms with van der Waals surface area (Å²) < 4.78 is 0. The lowest BCUT2D eigenvalue weighted by Gasteiger charge is -2.37. The highest BCUT2D eigenvalue weighted by Crippen LogP contribution is 2.52. The van der Waals surface area contributed by atoms with Crippen molar-refractivity contribution in [2.45, 2.75) is 69.4 Å². The molecule has 36 heavy (non-hydrogen) atoms. The lowest BCUT2D eigenvalue weighted by Crippen LogP contribution is -2.55. The van der Waals surface area contributed by atoms with Crippen LogP contribution in [0.2, 0.25) is 0 Å². The molecular weight excluding hydrogens is 454 g/mol. The maximum absolute atomic E-state index is 13.9. The molecule has 4 fully saturated rings. The van der Waals surface area contributed by atoms with Crippen molar-refractivity contribution in [3.05, 3.63) is 29.3 Å². The maximum atomic E-state index is 13.9. The average Bonchev–Trinajstić information content (AvgIpc) is 3.46.